The monoisotopic (exact) mass is 496 g/mol. The van der Waals surface area contributed by atoms with Crippen LogP contribution in [0.2, 0.25) is 0 Å². The molecule has 5 saturated carbocycles. The number of carbonyl (C=O) groups excluding carboxylic acids is 1. The van der Waals surface area contributed by atoms with E-state index in [-0.39, 0.29) is 22.9 Å². The van der Waals surface area contributed by atoms with Crippen molar-refractivity contribution in [2.24, 2.45) is 56.2 Å². The lowest BCUT2D eigenvalue weighted by molar-refractivity contribution is -0.181. The number of hydrogen-bond acceptors (Lipinski definition) is 2. The summed E-state index contributed by atoms with van der Waals surface area (Å²) in [5.41, 5.74) is 3.81. The summed E-state index contributed by atoms with van der Waals surface area (Å²) in [6.45, 7) is 25.9. The number of fused-ring (bicyclic) bond motifs is 2. The number of hydrogen-bond donors (Lipinski definition) is 0. The Morgan fingerprint density at radius 1 is 0.917 bits per heavy atom. The van der Waals surface area contributed by atoms with Crippen LogP contribution in [0.5, 0.6) is 0 Å². The van der Waals surface area contributed by atoms with E-state index in [1.807, 2.05) is 0 Å². The second-order valence-corrected chi connectivity index (χ2v) is 16.5. The van der Waals surface area contributed by atoms with Crippen molar-refractivity contribution in [3.8, 4) is 0 Å². The topological polar surface area (TPSA) is 26.3 Å². The van der Waals surface area contributed by atoms with Crippen molar-refractivity contribution in [3.63, 3.8) is 0 Å². The maximum atomic E-state index is 11.9. The minimum Gasteiger partial charge on any atom is -0.462 e. The van der Waals surface area contributed by atoms with Crippen molar-refractivity contribution >= 4 is 5.97 Å². The van der Waals surface area contributed by atoms with Gasteiger partial charge in [0.1, 0.15) is 6.10 Å². The van der Waals surface area contributed by atoms with Gasteiger partial charge in [-0.15, -0.1) is 0 Å². The standard InChI is InChI=1S/C34H56O2/c1-22(11-12-23(2)29(4,5)6)25-15-17-32(10)27-14-13-26-30(7,8)28(36-24(3)35)16-18-33(26)21-34(27,33)20-19-31(25,32)9/h22,25-28H,2,11-21H2,1,3-10H3. The number of ether oxygens (including phenoxy) is 1. The van der Waals surface area contributed by atoms with Crippen LogP contribution in [-0.2, 0) is 9.53 Å². The molecule has 5 rings (SSSR count). The smallest absolute Gasteiger partial charge is 0.302 e. The number of carbonyl (C=O) groups is 1. The second kappa shape index (κ2) is 8.11. The number of esters is 1. The van der Waals surface area contributed by atoms with E-state index in [1.165, 1.54) is 69.8 Å². The molecule has 0 radical (unpaired) electrons. The van der Waals surface area contributed by atoms with Crippen LogP contribution >= 0.6 is 0 Å². The molecule has 5 aliphatic carbocycles. The predicted molar refractivity (Wildman–Crippen MR) is 149 cm³/mol. The van der Waals surface area contributed by atoms with Gasteiger partial charge in [-0.25, -0.2) is 0 Å². The highest BCUT2D eigenvalue weighted by atomic mass is 16.5. The zero-order valence-electron chi connectivity index (χ0n) is 25.2. The van der Waals surface area contributed by atoms with Crippen molar-refractivity contribution in [1.29, 1.82) is 0 Å². The molecule has 0 aromatic heterocycles. The molecule has 0 N–H and O–H groups in total. The number of rotatable bonds is 5. The highest BCUT2D eigenvalue weighted by Gasteiger charge is 2.82. The molecule has 0 amide bonds. The van der Waals surface area contributed by atoms with E-state index < -0.39 is 0 Å². The van der Waals surface area contributed by atoms with Crippen LogP contribution in [0.3, 0.4) is 0 Å². The molecular weight excluding hydrogens is 440 g/mol. The molecule has 0 heterocycles. The maximum Gasteiger partial charge on any atom is 0.302 e. The van der Waals surface area contributed by atoms with Crippen LogP contribution < -0.4 is 0 Å². The summed E-state index contributed by atoms with van der Waals surface area (Å²) in [6.07, 6.45) is 14.9. The summed E-state index contributed by atoms with van der Waals surface area (Å²) in [4.78, 5) is 11.9. The van der Waals surface area contributed by atoms with E-state index in [4.69, 9.17) is 4.74 Å². The lowest BCUT2D eigenvalue weighted by Gasteiger charge is -2.63. The van der Waals surface area contributed by atoms with Gasteiger partial charge < -0.3 is 4.74 Å². The molecule has 9 atom stereocenters. The number of allylic oxidation sites excluding steroid dienone is 1. The molecule has 0 bridgehead atoms. The van der Waals surface area contributed by atoms with Crippen molar-refractivity contribution in [3.05, 3.63) is 12.2 Å². The zero-order chi connectivity index (χ0) is 26.5. The Morgan fingerprint density at radius 2 is 1.56 bits per heavy atom. The minimum absolute atomic E-state index is 0.0960. The Hall–Kier alpha value is -0.790. The summed E-state index contributed by atoms with van der Waals surface area (Å²) in [5, 5.41) is 0. The van der Waals surface area contributed by atoms with Gasteiger partial charge in [0, 0.05) is 12.3 Å². The Balaban J connectivity index is 1.36. The molecule has 0 saturated heterocycles. The average molecular weight is 497 g/mol. The minimum atomic E-state index is -0.0960. The van der Waals surface area contributed by atoms with Gasteiger partial charge in [-0.3, -0.25) is 4.79 Å². The Bertz CT molecular complexity index is 924. The van der Waals surface area contributed by atoms with Gasteiger partial charge in [0.15, 0.2) is 0 Å². The summed E-state index contributed by atoms with van der Waals surface area (Å²) in [7, 11) is 0. The lowest BCUT2D eigenvalue weighted by Crippen LogP contribution is -2.58. The molecule has 0 aliphatic heterocycles. The summed E-state index contributed by atoms with van der Waals surface area (Å²) in [5.74, 6) is 3.15. The van der Waals surface area contributed by atoms with Gasteiger partial charge in [0.25, 0.3) is 0 Å². The quantitative estimate of drug-likeness (QED) is 0.280. The maximum absolute atomic E-state index is 11.9. The van der Waals surface area contributed by atoms with Crippen LogP contribution in [0.15, 0.2) is 12.2 Å². The van der Waals surface area contributed by atoms with Crippen molar-refractivity contribution in [1.82, 2.24) is 0 Å². The molecule has 5 fully saturated rings. The van der Waals surface area contributed by atoms with Crippen molar-refractivity contribution in [2.75, 3.05) is 0 Å². The molecule has 0 aromatic carbocycles. The predicted octanol–water partition coefficient (Wildman–Crippen LogP) is 9.38. The van der Waals surface area contributed by atoms with E-state index in [0.29, 0.717) is 27.6 Å². The Kier molecular flexibility index (Phi) is 6.04. The molecule has 2 heteroatoms. The SMILES string of the molecule is C=C(CCC(C)C1CCC2(C)C3CCC4C(C)(C)C(OC(C)=O)CCC45CC35CCC12C)C(C)(C)C. The average Bonchev–Trinajstić information content (AvgIpc) is 3.35. The van der Waals surface area contributed by atoms with Gasteiger partial charge in [0.05, 0.1) is 0 Å². The first-order valence-electron chi connectivity index (χ1n) is 15.4. The molecular formula is C34H56O2. The van der Waals surface area contributed by atoms with Gasteiger partial charge >= 0.3 is 5.97 Å². The largest absolute Gasteiger partial charge is 0.462 e. The highest BCUT2D eigenvalue weighted by molar-refractivity contribution is 5.66. The Labute approximate surface area is 222 Å². The van der Waals surface area contributed by atoms with Crippen molar-refractivity contribution in [2.45, 2.75) is 139 Å². The first-order chi connectivity index (χ1) is 16.6. The fraction of sp³-hybridized carbons (Fsp3) is 0.912. The third-order valence-electron chi connectivity index (χ3n) is 14.1. The third kappa shape index (κ3) is 3.43. The van der Waals surface area contributed by atoms with Crippen LogP contribution in [0.4, 0.5) is 0 Å². The molecule has 5 aliphatic rings. The summed E-state index contributed by atoms with van der Waals surface area (Å²) >= 11 is 0. The molecule has 36 heavy (non-hydrogen) atoms. The molecule has 0 aromatic rings. The molecule has 9 unspecified atom stereocenters. The van der Waals surface area contributed by atoms with E-state index >= 15 is 0 Å². The zero-order valence-corrected chi connectivity index (χ0v) is 25.2. The molecule has 2 nitrogen and oxygen atoms in total. The van der Waals surface area contributed by atoms with Gasteiger partial charge in [0.2, 0.25) is 0 Å². The highest BCUT2D eigenvalue weighted by Crippen LogP contribution is 2.89. The summed E-state index contributed by atoms with van der Waals surface area (Å²) < 4.78 is 5.91. The first-order valence-corrected chi connectivity index (χ1v) is 15.4. The fourth-order valence-electron chi connectivity index (χ4n) is 11.7. The van der Waals surface area contributed by atoms with Gasteiger partial charge in [-0.05, 0) is 121 Å². The van der Waals surface area contributed by atoms with Crippen LogP contribution in [0.25, 0.3) is 0 Å². The molecule has 204 valence electrons. The Morgan fingerprint density at radius 3 is 2.19 bits per heavy atom. The third-order valence-corrected chi connectivity index (χ3v) is 14.1. The van der Waals surface area contributed by atoms with E-state index in [9.17, 15) is 4.79 Å². The fourth-order valence-corrected chi connectivity index (χ4v) is 11.7. The normalized spacial score (nSPS) is 47.6. The van der Waals surface area contributed by atoms with Crippen LogP contribution in [-0.4, -0.2) is 12.1 Å². The lowest BCUT2D eigenvalue weighted by atomic mass is 9.41. The van der Waals surface area contributed by atoms with E-state index in [0.717, 1.165) is 24.2 Å². The van der Waals surface area contributed by atoms with Gasteiger partial charge in [-0.1, -0.05) is 67.5 Å². The molecule has 2 spiro atoms. The van der Waals surface area contributed by atoms with E-state index in [2.05, 4.69) is 62.0 Å². The second-order valence-electron chi connectivity index (χ2n) is 16.5. The van der Waals surface area contributed by atoms with Crippen LogP contribution in [0.1, 0.15) is 133 Å². The van der Waals surface area contributed by atoms with Gasteiger partial charge in [-0.2, -0.15) is 0 Å². The van der Waals surface area contributed by atoms with Crippen molar-refractivity contribution < 1.29 is 9.53 Å². The first kappa shape index (κ1) is 26.8. The van der Waals surface area contributed by atoms with Crippen LogP contribution in [0, 0.1) is 56.2 Å². The summed E-state index contributed by atoms with van der Waals surface area (Å²) in [6, 6.07) is 0. The van der Waals surface area contributed by atoms with E-state index in [1.54, 1.807) is 6.92 Å².